The number of hydrogen-bond acceptors (Lipinski definition) is 5. The van der Waals surface area contributed by atoms with E-state index >= 15 is 0 Å². The Hall–Kier alpha value is -1.70. The SMILES string of the molecule is Cn1nccc1CN1C[C@@H](F)C[C@H]1CNCc1ccc(CO)o1. The van der Waals surface area contributed by atoms with Crippen LogP contribution in [0.5, 0.6) is 0 Å². The number of furan rings is 1. The average Bonchev–Trinajstić information content (AvgIpc) is 3.22. The number of aliphatic hydroxyl groups excluding tert-OH is 1. The van der Waals surface area contributed by atoms with E-state index in [1.54, 1.807) is 12.3 Å². The summed E-state index contributed by atoms with van der Waals surface area (Å²) in [6.45, 7) is 2.36. The van der Waals surface area contributed by atoms with Gasteiger partial charge in [-0.15, -0.1) is 0 Å². The molecule has 0 aliphatic carbocycles. The molecule has 0 unspecified atom stereocenters. The standard InChI is InChI=1S/C16H23FN4O2/c1-20-13(4-5-19-20)10-21-9-12(17)6-14(21)7-18-8-15-2-3-16(11-22)23-15/h2-5,12,14,18,22H,6-11H2,1H3/t12-,14-/m0/s1. The molecule has 6 nitrogen and oxygen atoms in total. The minimum Gasteiger partial charge on any atom is -0.462 e. The Labute approximate surface area is 134 Å². The zero-order valence-corrected chi connectivity index (χ0v) is 13.3. The molecule has 1 saturated heterocycles. The second-order valence-corrected chi connectivity index (χ2v) is 6.02. The van der Waals surface area contributed by atoms with Crippen molar-refractivity contribution >= 4 is 0 Å². The van der Waals surface area contributed by atoms with Gasteiger partial charge in [-0.1, -0.05) is 0 Å². The monoisotopic (exact) mass is 322 g/mol. The molecule has 0 aromatic carbocycles. The molecule has 2 atom stereocenters. The largest absolute Gasteiger partial charge is 0.462 e. The molecule has 7 heteroatoms. The van der Waals surface area contributed by atoms with Crippen LogP contribution in [0.2, 0.25) is 0 Å². The molecule has 0 radical (unpaired) electrons. The Morgan fingerprint density at radius 2 is 2.22 bits per heavy atom. The van der Waals surface area contributed by atoms with Crippen LogP contribution in [-0.2, 0) is 26.7 Å². The Kier molecular flexibility index (Phi) is 5.09. The van der Waals surface area contributed by atoms with Gasteiger partial charge in [-0.25, -0.2) is 4.39 Å². The van der Waals surface area contributed by atoms with Crippen LogP contribution in [0.3, 0.4) is 0 Å². The third-order valence-electron chi connectivity index (χ3n) is 4.32. The fourth-order valence-electron chi connectivity index (χ4n) is 3.06. The van der Waals surface area contributed by atoms with Crippen molar-refractivity contribution in [2.75, 3.05) is 13.1 Å². The molecule has 0 saturated carbocycles. The van der Waals surface area contributed by atoms with Crippen molar-refractivity contribution in [2.45, 2.75) is 38.3 Å². The lowest BCUT2D eigenvalue weighted by molar-refractivity contribution is 0.222. The zero-order valence-electron chi connectivity index (χ0n) is 13.3. The van der Waals surface area contributed by atoms with Crippen LogP contribution in [0, 0.1) is 0 Å². The number of hydrogen-bond donors (Lipinski definition) is 2. The maximum atomic E-state index is 13.8. The average molecular weight is 322 g/mol. The highest BCUT2D eigenvalue weighted by Crippen LogP contribution is 2.22. The molecule has 3 rings (SSSR count). The number of nitrogens with one attached hydrogen (secondary N) is 1. The number of aromatic nitrogens is 2. The van der Waals surface area contributed by atoms with Crippen molar-refractivity contribution in [2.24, 2.45) is 7.05 Å². The Balaban J connectivity index is 1.52. The molecule has 2 aromatic rings. The lowest BCUT2D eigenvalue weighted by Gasteiger charge is -2.24. The van der Waals surface area contributed by atoms with E-state index in [9.17, 15) is 4.39 Å². The minimum absolute atomic E-state index is 0.0926. The van der Waals surface area contributed by atoms with Gasteiger partial charge in [0.05, 0.1) is 12.2 Å². The summed E-state index contributed by atoms with van der Waals surface area (Å²) in [5.41, 5.74) is 1.09. The summed E-state index contributed by atoms with van der Waals surface area (Å²) in [5.74, 6) is 1.34. The minimum atomic E-state index is -0.778. The second-order valence-electron chi connectivity index (χ2n) is 6.02. The Bertz CT molecular complexity index is 627. The highest BCUT2D eigenvalue weighted by molar-refractivity contribution is 5.06. The van der Waals surface area contributed by atoms with Crippen molar-refractivity contribution < 1.29 is 13.9 Å². The van der Waals surface area contributed by atoms with Crippen molar-refractivity contribution in [1.82, 2.24) is 20.0 Å². The summed E-state index contributed by atoms with van der Waals surface area (Å²) in [4.78, 5) is 2.16. The van der Waals surface area contributed by atoms with E-state index in [4.69, 9.17) is 9.52 Å². The molecule has 23 heavy (non-hydrogen) atoms. The summed E-state index contributed by atoms with van der Waals surface area (Å²) in [6.07, 6.45) is 1.53. The van der Waals surface area contributed by atoms with E-state index in [2.05, 4.69) is 15.3 Å². The van der Waals surface area contributed by atoms with Gasteiger partial charge in [0.2, 0.25) is 0 Å². The number of halogens is 1. The molecule has 0 amide bonds. The zero-order chi connectivity index (χ0) is 16.2. The van der Waals surface area contributed by atoms with E-state index in [1.807, 2.05) is 23.9 Å². The predicted molar refractivity (Wildman–Crippen MR) is 83.3 cm³/mol. The van der Waals surface area contributed by atoms with E-state index in [1.165, 1.54) is 0 Å². The first-order valence-electron chi connectivity index (χ1n) is 7.90. The smallest absolute Gasteiger partial charge is 0.129 e. The predicted octanol–water partition coefficient (Wildman–Crippen LogP) is 1.21. The third-order valence-corrected chi connectivity index (χ3v) is 4.32. The molecule has 1 aliphatic heterocycles. The summed E-state index contributed by atoms with van der Waals surface area (Å²) >= 11 is 0. The van der Waals surface area contributed by atoms with Gasteiger partial charge in [-0.05, 0) is 24.6 Å². The number of rotatable bonds is 7. The Morgan fingerprint density at radius 1 is 1.39 bits per heavy atom. The highest BCUT2D eigenvalue weighted by atomic mass is 19.1. The van der Waals surface area contributed by atoms with Crippen LogP contribution < -0.4 is 5.32 Å². The summed E-state index contributed by atoms with van der Waals surface area (Å²) < 4.78 is 21.1. The first-order chi connectivity index (χ1) is 11.2. The third kappa shape index (κ3) is 3.99. The molecule has 0 spiro atoms. The maximum absolute atomic E-state index is 13.8. The number of likely N-dealkylation sites (tertiary alicyclic amines) is 1. The molecular formula is C16H23FN4O2. The molecular weight excluding hydrogens is 299 g/mol. The van der Waals surface area contributed by atoms with Crippen LogP contribution in [0.25, 0.3) is 0 Å². The van der Waals surface area contributed by atoms with E-state index in [0.29, 0.717) is 38.4 Å². The van der Waals surface area contributed by atoms with Crippen LogP contribution in [0.15, 0.2) is 28.8 Å². The van der Waals surface area contributed by atoms with Gasteiger partial charge in [0, 0.05) is 38.9 Å². The van der Waals surface area contributed by atoms with Gasteiger partial charge in [-0.3, -0.25) is 9.58 Å². The van der Waals surface area contributed by atoms with Crippen molar-refractivity contribution in [1.29, 1.82) is 0 Å². The highest BCUT2D eigenvalue weighted by Gasteiger charge is 2.32. The summed E-state index contributed by atoms with van der Waals surface area (Å²) in [5, 5.41) is 16.5. The van der Waals surface area contributed by atoms with Crippen LogP contribution in [0.1, 0.15) is 23.6 Å². The summed E-state index contributed by atoms with van der Waals surface area (Å²) in [7, 11) is 1.90. The quantitative estimate of drug-likeness (QED) is 0.802. The maximum Gasteiger partial charge on any atom is 0.129 e. The topological polar surface area (TPSA) is 66.5 Å². The van der Waals surface area contributed by atoms with Crippen molar-refractivity contribution in [3.63, 3.8) is 0 Å². The molecule has 1 fully saturated rings. The fourth-order valence-corrected chi connectivity index (χ4v) is 3.06. The number of alkyl halides is 1. The Morgan fingerprint density at radius 3 is 2.91 bits per heavy atom. The molecule has 2 aromatic heterocycles. The number of nitrogens with zero attached hydrogens (tertiary/aromatic N) is 3. The van der Waals surface area contributed by atoms with Gasteiger partial charge >= 0.3 is 0 Å². The first kappa shape index (κ1) is 16.2. The fraction of sp³-hybridized carbons (Fsp3) is 0.562. The van der Waals surface area contributed by atoms with Crippen molar-refractivity contribution in [3.05, 3.63) is 41.6 Å². The van der Waals surface area contributed by atoms with Gasteiger partial charge < -0.3 is 14.8 Å². The molecule has 0 bridgehead atoms. The van der Waals surface area contributed by atoms with Crippen LogP contribution >= 0.6 is 0 Å². The summed E-state index contributed by atoms with van der Waals surface area (Å²) in [6, 6.07) is 5.74. The van der Waals surface area contributed by atoms with E-state index < -0.39 is 6.17 Å². The van der Waals surface area contributed by atoms with Crippen LogP contribution in [-0.4, -0.2) is 45.1 Å². The molecule has 126 valence electrons. The first-order valence-corrected chi connectivity index (χ1v) is 7.90. The normalized spacial score (nSPS) is 22.0. The van der Waals surface area contributed by atoms with Crippen LogP contribution in [0.4, 0.5) is 4.39 Å². The lowest BCUT2D eigenvalue weighted by Crippen LogP contribution is -2.37. The molecule has 1 aliphatic rings. The van der Waals surface area contributed by atoms with E-state index in [0.717, 1.165) is 11.5 Å². The molecule has 2 N–H and O–H groups in total. The van der Waals surface area contributed by atoms with Gasteiger partial charge in [0.15, 0.2) is 0 Å². The van der Waals surface area contributed by atoms with Gasteiger partial charge in [0.25, 0.3) is 0 Å². The van der Waals surface area contributed by atoms with Gasteiger partial charge in [0.1, 0.15) is 24.3 Å². The number of aryl methyl sites for hydroxylation is 1. The second kappa shape index (κ2) is 7.25. The number of aliphatic hydroxyl groups is 1. The lowest BCUT2D eigenvalue weighted by atomic mass is 10.2. The van der Waals surface area contributed by atoms with Gasteiger partial charge in [-0.2, -0.15) is 5.10 Å². The van der Waals surface area contributed by atoms with E-state index in [-0.39, 0.29) is 12.6 Å². The van der Waals surface area contributed by atoms with Crippen molar-refractivity contribution in [3.8, 4) is 0 Å². The molecule has 3 heterocycles.